The van der Waals surface area contributed by atoms with Gasteiger partial charge in [0.2, 0.25) is 0 Å². The Hall–Kier alpha value is -3.66. The Balaban J connectivity index is 0.000000681. The Morgan fingerprint density at radius 1 is 1.16 bits per heavy atom. The van der Waals surface area contributed by atoms with Crippen molar-refractivity contribution in [1.82, 2.24) is 0 Å². The largest absolute Gasteiger partial charge is 0.550 e. The Bertz CT molecular complexity index is 1110. The summed E-state index contributed by atoms with van der Waals surface area (Å²) in [6.07, 6.45) is 2.26. The van der Waals surface area contributed by atoms with Crippen LogP contribution in [0.3, 0.4) is 0 Å². The summed E-state index contributed by atoms with van der Waals surface area (Å²) in [7, 11) is 0. The summed E-state index contributed by atoms with van der Waals surface area (Å²) < 4.78 is 43.5. The number of benzene rings is 1. The fraction of sp³-hybridized carbons (Fsp3) is 0.552. The van der Waals surface area contributed by atoms with Crippen LogP contribution in [0.5, 0.6) is 5.75 Å². The highest BCUT2D eigenvalue weighted by Gasteiger charge is 2.39. The van der Waals surface area contributed by atoms with E-state index in [4.69, 9.17) is 16.2 Å². The van der Waals surface area contributed by atoms with Crippen molar-refractivity contribution in [2.24, 2.45) is 23.3 Å². The highest BCUT2D eigenvalue weighted by Crippen LogP contribution is 2.36. The summed E-state index contributed by atoms with van der Waals surface area (Å²) in [6, 6.07) is 3.69. The van der Waals surface area contributed by atoms with Crippen LogP contribution in [0.25, 0.3) is 0 Å². The molecule has 0 aliphatic heterocycles. The summed E-state index contributed by atoms with van der Waals surface area (Å²) in [6.45, 7) is 0.286. The zero-order chi connectivity index (χ0) is 33.3. The maximum atomic E-state index is 12.8. The molecular formula is C29H43F3N4O8. The number of halogens is 3. The van der Waals surface area contributed by atoms with Crippen LogP contribution in [0, 0.1) is 11.8 Å². The number of hydrogen-bond donors (Lipinski definition) is 7. The number of guanidine groups is 1. The molecule has 1 aliphatic carbocycles. The Kier molecular flexibility index (Phi) is 17.1. The first-order valence-electron chi connectivity index (χ1n) is 14.1. The smallest absolute Gasteiger partial charge is 0.416 e. The zero-order valence-electron chi connectivity index (χ0n) is 24.3. The van der Waals surface area contributed by atoms with Crippen molar-refractivity contribution in [2.75, 3.05) is 13.2 Å². The monoisotopic (exact) mass is 632 g/mol. The lowest BCUT2D eigenvalue weighted by molar-refractivity contribution is -0.466. The second-order valence-corrected chi connectivity index (χ2v) is 10.4. The molecule has 1 unspecified atom stereocenters. The van der Waals surface area contributed by atoms with E-state index in [1.807, 2.05) is 12.2 Å². The van der Waals surface area contributed by atoms with Crippen molar-refractivity contribution in [1.29, 1.82) is 0 Å². The van der Waals surface area contributed by atoms with Gasteiger partial charge in [0.15, 0.2) is 0 Å². The van der Waals surface area contributed by atoms with Gasteiger partial charge in [-0.25, -0.2) is 0 Å². The molecule has 0 spiro atoms. The number of nitrogens with two attached hydrogens (primary N) is 2. The quantitative estimate of drug-likeness (QED) is 0.0414. The highest BCUT2D eigenvalue weighted by atomic mass is 19.4. The maximum absolute atomic E-state index is 12.8. The van der Waals surface area contributed by atoms with E-state index in [0.717, 1.165) is 12.1 Å². The van der Waals surface area contributed by atoms with Gasteiger partial charge in [-0.05, 0) is 56.2 Å². The number of carbonyl (C=O) groups is 2. The minimum absolute atomic E-state index is 0.0229. The molecule has 1 saturated carbocycles. The zero-order valence-corrected chi connectivity index (χ0v) is 24.3. The van der Waals surface area contributed by atoms with Crippen LogP contribution in [0.15, 0.2) is 48.6 Å². The predicted octanol–water partition coefficient (Wildman–Crippen LogP) is -3.29. The van der Waals surface area contributed by atoms with Crippen molar-refractivity contribution in [3.05, 3.63) is 54.1 Å². The molecule has 0 bridgehead atoms. The van der Waals surface area contributed by atoms with Crippen LogP contribution in [0.1, 0.15) is 50.5 Å². The molecule has 0 heterocycles. The van der Waals surface area contributed by atoms with E-state index in [0.29, 0.717) is 38.6 Å². The molecule has 1 aromatic carbocycles. The third kappa shape index (κ3) is 15.7. The minimum Gasteiger partial charge on any atom is -0.550 e. The van der Waals surface area contributed by atoms with Crippen molar-refractivity contribution in [2.45, 2.75) is 75.5 Å². The van der Waals surface area contributed by atoms with E-state index in [9.17, 15) is 48.3 Å². The fourth-order valence-corrected chi connectivity index (χ4v) is 4.40. The molecule has 15 heteroatoms. The Morgan fingerprint density at radius 2 is 1.86 bits per heavy atom. The van der Waals surface area contributed by atoms with Crippen LogP contribution >= 0.6 is 0 Å². The van der Waals surface area contributed by atoms with E-state index >= 15 is 0 Å². The molecule has 0 amide bonds. The fourth-order valence-electron chi connectivity index (χ4n) is 4.40. The van der Waals surface area contributed by atoms with E-state index < -0.39 is 54.0 Å². The van der Waals surface area contributed by atoms with Crippen LogP contribution in [-0.2, 0) is 15.8 Å². The standard InChI is InChI=1S/C23H29F3O6.C6H14N4O2/c24-23(25,26)15-6-5-7-17(12-15)32-14-16(27)10-11-19-18(20(28)13-21(19)29)8-3-1-2-4-9-22(30)31;7-4(5(11)12)2-1-3-10-6(8)9/h1,3,5-7,10-12,16,18-21,27-29H,2,4,8-9,13-14H2,(H,30,31);4H,1-3,7H2,(H,11,12)(H4,8,9,10)/b3-1-,11-10+;/t16-,18?,19-,20+,21-;4-/m10/s1. The van der Waals surface area contributed by atoms with E-state index in [2.05, 4.69) is 10.7 Å². The van der Waals surface area contributed by atoms with Crippen LogP contribution in [0.2, 0.25) is 0 Å². The van der Waals surface area contributed by atoms with Crippen LogP contribution < -0.4 is 37.1 Å². The number of allylic oxidation sites excluding steroid dienone is 2. The number of alkyl halides is 3. The van der Waals surface area contributed by atoms with Gasteiger partial charge in [-0.1, -0.05) is 30.4 Å². The topological polar surface area (TPSA) is 244 Å². The van der Waals surface area contributed by atoms with Crippen molar-refractivity contribution >= 4 is 17.9 Å². The summed E-state index contributed by atoms with van der Waals surface area (Å²) in [5, 5.41) is 51.1. The molecule has 12 nitrogen and oxygen atoms in total. The van der Waals surface area contributed by atoms with Gasteiger partial charge < -0.3 is 45.6 Å². The molecule has 6 atom stereocenters. The summed E-state index contributed by atoms with van der Waals surface area (Å²) in [4.78, 5) is 23.2. The average Bonchev–Trinajstić information content (AvgIpc) is 3.21. The van der Waals surface area contributed by atoms with Gasteiger partial charge in [-0.2, -0.15) is 13.2 Å². The number of unbranched alkanes of at least 4 members (excludes halogenated alkanes) is 1. The first-order chi connectivity index (χ1) is 20.6. The van der Waals surface area contributed by atoms with E-state index in [1.54, 1.807) is 6.08 Å². The Labute approximate surface area is 253 Å². The number of hydrogen-bond acceptors (Lipinski definition) is 8. The molecule has 1 aliphatic rings. The number of aliphatic carboxylic acids is 2. The second-order valence-electron chi connectivity index (χ2n) is 10.4. The summed E-state index contributed by atoms with van der Waals surface area (Å²) in [5.74, 6) is -2.81. The number of aliphatic hydroxyl groups is 3. The number of carboxylic acid groups (broad SMARTS) is 2. The van der Waals surface area contributed by atoms with Crippen molar-refractivity contribution < 1.29 is 63.8 Å². The van der Waals surface area contributed by atoms with Crippen LogP contribution in [-0.4, -0.2) is 70.7 Å². The number of carbonyl (C=O) groups excluding carboxylic acids is 2. The lowest BCUT2D eigenvalue weighted by atomic mass is 9.89. The number of quaternary nitrogens is 1. The molecule has 1 aromatic rings. The number of aliphatic hydroxyl groups excluding tert-OH is 3. The lowest BCUT2D eigenvalue weighted by Crippen LogP contribution is -2.78. The van der Waals surface area contributed by atoms with E-state index in [1.165, 1.54) is 18.2 Å². The first-order valence-corrected chi connectivity index (χ1v) is 14.1. The van der Waals surface area contributed by atoms with Gasteiger partial charge in [0.25, 0.3) is 0 Å². The third-order valence-corrected chi connectivity index (χ3v) is 6.77. The Morgan fingerprint density at radius 3 is 2.48 bits per heavy atom. The summed E-state index contributed by atoms with van der Waals surface area (Å²) >= 11 is 0. The summed E-state index contributed by atoms with van der Waals surface area (Å²) in [5.41, 5.74) is 12.8. The molecule has 0 saturated heterocycles. The normalized spacial score (nSPS) is 21.4. The predicted molar refractivity (Wildman–Crippen MR) is 148 cm³/mol. The van der Waals surface area contributed by atoms with Gasteiger partial charge >= 0.3 is 12.1 Å². The van der Waals surface area contributed by atoms with Gasteiger partial charge in [0.05, 0.1) is 30.3 Å². The van der Waals surface area contributed by atoms with Gasteiger partial charge in [0, 0.05) is 24.7 Å². The number of carboxylic acids is 2. The first kappa shape index (κ1) is 38.4. The SMILES string of the molecule is NC(N)=[NH+]CCC[C@H]([NH3+])C(=O)[O-].O=C([O-])CCC/C=C\CC1[C@@H](/C=C/[C@@H](O)COc2cccc(C(F)(F)F)c2)[C@H](O)C[C@@H]1O. The van der Waals surface area contributed by atoms with Gasteiger partial charge in [-0.15, -0.1) is 0 Å². The molecule has 44 heavy (non-hydrogen) atoms. The minimum atomic E-state index is -4.49. The number of rotatable bonds is 16. The van der Waals surface area contributed by atoms with Gasteiger partial charge in [0.1, 0.15) is 24.5 Å². The third-order valence-electron chi connectivity index (χ3n) is 6.77. The second kappa shape index (κ2) is 19.6. The molecule has 0 radical (unpaired) electrons. The number of nitrogens with one attached hydrogen (secondary N) is 1. The van der Waals surface area contributed by atoms with E-state index in [-0.39, 0.29) is 37.1 Å². The lowest BCUT2D eigenvalue weighted by Gasteiger charge is -2.19. The maximum Gasteiger partial charge on any atom is 0.416 e. The molecule has 0 aromatic heterocycles. The molecular weight excluding hydrogens is 589 g/mol. The molecule has 11 N–H and O–H groups in total. The number of ether oxygens (including phenoxy) is 1. The average molecular weight is 633 g/mol. The van der Waals surface area contributed by atoms with Gasteiger partial charge in [-0.3, -0.25) is 16.5 Å². The molecule has 2 rings (SSSR count). The van der Waals surface area contributed by atoms with Crippen LogP contribution in [0.4, 0.5) is 13.2 Å². The van der Waals surface area contributed by atoms with Crippen molar-refractivity contribution in [3.8, 4) is 5.75 Å². The van der Waals surface area contributed by atoms with Crippen molar-refractivity contribution in [3.63, 3.8) is 0 Å². The molecule has 1 fully saturated rings. The highest BCUT2D eigenvalue weighted by molar-refractivity contribution is 5.69. The molecule has 248 valence electrons.